The van der Waals surface area contributed by atoms with Crippen LogP contribution in [0.4, 0.5) is 0 Å². The first-order chi connectivity index (χ1) is 11.7. The molecule has 0 unspecified atom stereocenters. The van der Waals surface area contributed by atoms with Gasteiger partial charge in [-0.25, -0.2) is 4.68 Å². The van der Waals surface area contributed by atoms with E-state index in [1.54, 1.807) is 4.68 Å². The summed E-state index contributed by atoms with van der Waals surface area (Å²) in [6.07, 6.45) is 4.58. The zero-order valence-corrected chi connectivity index (χ0v) is 14.7. The van der Waals surface area contributed by atoms with E-state index in [1.807, 2.05) is 30.3 Å². The third kappa shape index (κ3) is 4.80. The first kappa shape index (κ1) is 17.0. The van der Waals surface area contributed by atoms with Gasteiger partial charge in [0.05, 0.1) is 12.3 Å². The van der Waals surface area contributed by atoms with Crippen LogP contribution in [0.5, 0.6) is 0 Å². The summed E-state index contributed by atoms with van der Waals surface area (Å²) < 4.78 is 1.73. The fourth-order valence-electron chi connectivity index (χ4n) is 2.96. The second-order valence-corrected chi connectivity index (χ2v) is 7.36. The van der Waals surface area contributed by atoms with Crippen LogP contribution in [0.25, 0.3) is 0 Å². The molecule has 0 bridgehead atoms. The summed E-state index contributed by atoms with van der Waals surface area (Å²) in [7, 11) is 0. The van der Waals surface area contributed by atoms with Crippen LogP contribution in [0.3, 0.4) is 0 Å². The monoisotopic (exact) mass is 345 g/mol. The Morgan fingerprint density at radius 3 is 2.75 bits per heavy atom. The Labute approximate surface area is 146 Å². The van der Waals surface area contributed by atoms with Crippen molar-refractivity contribution in [2.75, 3.05) is 5.75 Å². The average Bonchev–Trinajstić information content (AvgIpc) is 3.03. The number of nitrogens with one attached hydrogen (secondary N) is 1. The number of nitrogens with zero attached hydrogens (tertiary/aromatic N) is 4. The minimum absolute atomic E-state index is 0.0637. The number of aromatic nitrogens is 4. The van der Waals surface area contributed by atoms with Gasteiger partial charge in [0, 0.05) is 6.04 Å². The van der Waals surface area contributed by atoms with Crippen LogP contribution < -0.4 is 5.32 Å². The van der Waals surface area contributed by atoms with Crippen LogP contribution in [-0.2, 0) is 11.3 Å². The summed E-state index contributed by atoms with van der Waals surface area (Å²) >= 11 is 1.38. The van der Waals surface area contributed by atoms with Gasteiger partial charge in [-0.1, -0.05) is 49.0 Å². The molecule has 1 aliphatic carbocycles. The highest BCUT2D eigenvalue weighted by Crippen LogP contribution is 2.23. The van der Waals surface area contributed by atoms with Crippen LogP contribution in [0.15, 0.2) is 35.5 Å². The number of hydrogen-bond acceptors (Lipinski definition) is 5. The van der Waals surface area contributed by atoms with E-state index in [9.17, 15) is 4.79 Å². The van der Waals surface area contributed by atoms with Gasteiger partial charge < -0.3 is 5.32 Å². The van der Waals surface area contributed by atoms with Crippen LogP contribution in [0.2, 0.25) is 0 Å². The maximum atomic E-state index is 12.1. The third-order valence-electron chi connectivity index (χ3n) is 4.39. The molecule has 1 saturated carbocycles. The molecule has 1 N–H and O–H groups in total. The molecule has 0 saturated heterocycles. The fourth-order valence-corrected chi connectivity index (χ4v) is 3.65. The van der Waals surface area contributed by atoms with Gasteiger partial charge in [0.15, 0.2) is 0 Å². The Balaban J connectivity index is 1.48. The molecule has 1 fully saturated rings. The molecule has 1 amide bonds. The van der Waals surface area contributed by atoms with Crippen molar-refractivity contribution in [2.24, 2.45) is 5.92 Å². The standard InChI is InChI=1S/C17H23N5OS/c1-13-7-9-15(10-8-13)18-16(23)12-24-17-19-20-21-22(17)11-14-5-3-2-4-6-14/h2-6,13,15H,7-12H2,1H3,(H,18,23). The van der Waals surface area contributed by atoms with Crippen LogP contribution >= 0.6 is 11.8 Å². The molecule has 3 rings (SSSR count). The highest BCUT2D eigenvalue weighted by molar-refractivity contribution is 7.99. The molecule has 0 spiro atoms. The Morgan fingerprint density at radius 1 is 1.25 bits per heavy atom. The lowest BCUT2D eigenvalue weighted by Gasteiger charge is -2.26. The second-order valence-electron chi connectivity index (χ2n) is 6.42. The lowest BCUT2D eigenvalue weighted by atomic mass is 9.87. The zero-order chi connectivity index (χ0) is 16.8. The molecule has 0 radical (unpaired) electrons. The topological polar surface area (TPSA) is 72.7 Å². The Kier molecular flexibility index (Phi) is 5.85. The number of thioether (sulfide) groups is 1. The predicted molar refractivity (Wildman–Crippen MR) is 93.6 cm³/mol. The van der Waals surface area contributed by atoms with Crippen molar-refractivity contribution < 1.29 is 4.79 Å². The van der Waals surface area contributed by atoms with Crippen molar-refractivity contribution in [3.05, 3.63) is 35.9 Å². The highest BCUT2D eigenvalue weighted by atomic mass is 32.2. The first-order valence-electron chi connectivity index (χ1n) is 8.43. The van der Waals surface area contributed by atoms with Gasteiger partial charge in [0.25, 0.3) is 0 Å². The molecular formula is C17H23N5OS. The summed E-state index contributed by atoms with van der Waals surface area (Å²) in [5.74, 6) is 1.20. The summed E-state index contributed by atoms with van der Waals surface area (Å²) in [5.41, 5.74) is 1.13. The lowest BCUT2D eigenvalue weighted by molar-refractivity contribution is -0.119. The van der Waals surface area contributed by atoms with Crippen LogP contribution in [0.1, 0.15) is 38.2 Å². The van der Waals surface area contributed by atoms with Gasteiger partial charge in [-0.3, -0.25) is 4.79 Å². The van der Waals surface area contributed by atoms with Crippen molar-refractivity contribution >= 4 is 17.7 Å². The van der Waals surface area contributed by atoms with Crippen molar-refractivity contribution in [1.29, 1.82) is 0 Å². The van der Waals surface area contributed by atoms with Gasteiger partial charge in [0.2, 0.25) is 11.1 Å². The summed E-state index contributed by atoms with van der Waals surface area (Å²) in [4.78, 5) is 12.1. The normalized spacial score (nSPS) is 20.7. The average molecular weight is 345 g/mol. The maximum Gasteiger partial charge on any atom is 0.230 e. The van der Waals surface area contributed by atoms with Crippen LogP contribution in [-0.4, -0.2) is 37.9 Å². The Bertz CT molecular complexity index is 652. The summed E-state index contributed by atoms with van der Waals surface area (Å²) in [6.45, 7) is 2.89. The minimum Gasteiger partial charge on any atom is -0.353 e. The van der Waals surface area contributed by atoms with E-state index >= 15 is 0 Å². The molecule has 7 heteroatoms. The number of carbonyl (C=O) groups is 1. The molecule has 1 aromatic heterocycles. The van der Waals surface area contributed by atoms with Gasteiger partial charge >= 0.3 is 0 Å². The molecule has 2 aromatic rings. The van der Waals surface area contributed by atoms with Crippen LogP contribution in [0, 0.1) is 5.92 Å². The largest absolute Gasteiger partial charge is 0.353 e. The number of tetrazole rings is 1. The number of carbonyl (C=O) groups excluding carboxylic acids is 1. The van der Waals surface area contributed by atoms with Crippen molar-refractivity contribution in [1.82, 2.24) is 25.5 Å². The lowest BCUT2D eigenvalue weighted by Crippen LogP contribution is -2.38. The molecule has 0 aliphatic heterocycles. The van der Waals surface area contributed by atoms with Crippen molar-refractivity contribution in [2.45, 2.75) is 50.4 Å². The van der Waals surface area contributed by atoms with E-state index in [0.717, 1.165) is 24.3 Å². The van der Waals surface area contributed by atoms with E-state index in [0.29, 0.717) is 23.5 Å². The molecule has 1 aliphatic rings. The highest BCUT2D eigenvalue weighted by Gasteiger charge is 2.20. The fraction of sp³-hybridized carbons (Fsp3) is 0.529. The second kappa shape index (κ2) is 8.28. The van der Waals surface area contributed by atoms with E-state index in [4.69, 9.17) is 0 Å². The van der Waals surface area contributed by atoms with Crippen molar-refractivity contribution in [3.63, 3.8) is 0 Å². The zero-order valence-electron chi connectivity index (χ0n) is 13.9. The number of amides is 1. The predicted octanol–water partition coefficient (Wildman–Crippen LogP) is 2.51. The maximum absolute atomic E-state index is 12.1. The number of benzene rings is 1. The number of hydrogen-bond donors (Lipinski definition) is 1. The Morgan fingerprint density at radius 2 is 2.00 bits per heavy atom. The van der Waals surface area contributed by atoms with E-state index in [1.165, 1.54) is 24.6 Å². The third-order valence-corrected chi connectivity index (χ3v) is 5.34. The smallest absolute Gasteiger partial charge is 0.230 e. The summed E-state index contributed by atoms with van der Waals surface area (Å²) in [6, 6.07) is 10.4. The van der Waals surface area contributed by atoms with Gasteiger partial charge in [-0.05, 0) is 47.6 Å². The number of rotatable bonds is 6. The molecule has 24 heavy (non-hydrogen) atoms. The Hall–Kier alpha value is -1.89. The van der Waals surface area contributed by atoms with E-state index in [-0.39, 0.29) is 5.91 Å². The van der Waals surface area contributed by atoms with E-state index in [2.05, 4.69) is 27.8 Å². The molecule has 1 aromatic carbocycles. The molecule has 1 heterocycles. The first-order valence-corrected chi connectivity index (χ1v) is 9.41. The molecule has 128 valence electrons. The van der Waals surface area contributed by atoms with Gasteiger partial charge in [0.1, 0.15) is 0 Å². The van der Waals surface area contributed by atoms with Gasteiger partial charge in [-0.15, -0.1) is 5.10 Å². The summed E-state index contributed by atoms with van der Waals surface area (Å²) in [5, 5.41) is 15.6. The molecule has 6 nitrogen and oxygen atoms in total. The quantitative estimate of drug-likeness (QED) is 0.815. The SMILES string of the molecule is CC1CCC(NC(=O)CSc2nnnn2Cc2ccccc2)CC1. The minimum atomic E-state index is 0.0637. The molecule has 0 atom stereocenters. The van der Waals surface area contributed by atoms with Crippen molar-refractivity contribution in [3.8, 4) is 0 Å². The molecular weight excluding hydrogens is 322 g/mol. The van der Waals surface area contributed by atoms with E-state index < -0.39 is 0 Å². The van der Waals surface area contributed by atoms with Gasteiger partial charge in [-0.2, -0.15) is 0 Å².